The Bertz CT molecular complexity index is 174. The van der Waals surface area contributed by atoms with Crippen molar-refractivity contribution in [3.05, 3.63) is 0 Å². The lowest BCUT2D eigenvalue weighted by Gasteiger charge is -2.37. The molecule has 2 atom stereocenters. The number of alkyl halides is 1. The Labute approximate surface area is 97.0 Å². The van der Waals surface area contributed by atoms with E-state index in [0.717, 1.165) is 25.9 Å². The Kier molecular flexibility index (Phi) is 5.67. The normalized spacial score (nSPS) is 34.7. The average molecular weight is 245 g/mol. The van der Waals surface area contributed by atoms with Crippen molar-refractivity contribution in [1.29, 1.82) is 0 Å². The van der Waals surface area contributed by atoms with E-state index in [1.165, 1.54) is 0 Å². The van der Waals surface area contributed by atoms with Gasteiger partial charge in [0.15, 0.2) is 0 Å². The molecule has 86 valence electrons. The topological polar surface area (TPSA) is 38.0 Å². The molecule has 1 aliphatic heterocycles. The van der Waals surface area contributed by atoms with Gasteiger partial charge in [0, 0.05) is 6.04 Å². The first-order chi connectivity index (χ1) is 5.73. The van der Waals surface area contributed by atoms with Crippen molar-refractivity contribution in [3.63, 3.8) is 0 Å². The van der Waals surface area contributed by atoms with Gasteiger partial charge in [-0.3, -0.25) is 0 Å². The molecular formula is C9H19Cl2FN2. The summed E-state index contributed by atoms with van der Waals surface area (Å²) in [5.41, 5.74) is 6.11. The summed E-state index contributed by atoms with van der Waals surface area (Å²) in [6.07, 6.45) is 2.78. The van der Waals surface area contributed by atoms with Crippen LogP contribution in [-0.2, 0) is 0 Å². The maximum Gasteiger partial charge on any atom is 0.102 e. The van der Waals surface area contributed by atoms with Crippen LogP contribution >= 0.6 is 24.8 Å². The number of nitrogens with two attached hydrogens (primary N) is 1. The van der Waals surface area contributed by atoms with Crippen molar-refractivity contribution in [2.45, 2.75) is 37.9 Å². The monoisotopic (exact) mass is 244 g/mol. The molecule has 2 rings (SSSR count). The number of hydrogen-bond donors (Lipinski definition) is 2. The SMILES string of the molecule is Cl.Cl.N[C@@H]1C[C@H](F)CC12CCNCC2. The van der Waals surface area contributed by atoms with Gasteiger partial charge in [0.2, 0.25) is 0 Å². The summed E-state index contributed by atoms with van der Waals surface area (Å²) in [5, 5.41) is 3.29. The molecule has 0 bridgehead atoms. The average Bonchev–Trinajstić information content (AvgIpc) is 2.29. The zero-order valence-electron chi connectivity index (χ0n) is 8.17. The predicted molar refractivity (Wildman–Crippen MR) is 61.1 cm³/mol. The standard InChI is InChI=1S/C9H17FN2.2ClH/c10-7-5-8(11)9(6-7)1-3-12-4-2-9;;/h7-8,12H,1-6,11H2;2*1H/t7-,8+;;/m0../s1. The summed E-state index contributed by atoms with van der Waals surface area (Å²) in [5.74, 6) is 0. The van der Waals surface area contributed by atoms with E-state index < -0.39 is 6.17 Å². The summed E-state index contributed by atoms with van der Waals surface area (Å²) in [6, 6.07) is 0.106. The van der Waals surface area contributed by atoms with Gasteiger partial charge < -0.3 is 11.1 Å². The third kappa shape index (κ3) is 2.51. The number of halogens is 3. The molecule has 0 aromatic heterocycles. The Hall–Kier alpha value is 0.430. The highest BCUT2D eigenvalue weighted by molar-refractivity contribution is 5.85. The van der Waals surface area contributed by atoms with Crippen LogP contribution < -0.4 is 11.1 Å². The molecular weight excluding hydrogens is 226 g/mol. The Balaban J connectivity index is 0.000000845. The molecule has 1 saturated heterocycles. The zero-order valence-corrected chi connectivity index (χ0v) is 9.80. The maximum absolute atomic E-state index is 13.1. The van der Waals surface area contributed by atoms with E-state index in [1.807, 2.05) is 0 Å². The van der Waals surface area contributed by atoms with Gasteiger partial charge in [0.25, 0.3) is 0 Å². The van der Waals surface area contributed by atoms with Crippen LogP contribution in [-0.4, -0.2) is 25.3 Å². The lowest BCUT2D eigenvalue weighted by molar-refractivity contribution is 0.171. The first kappa shape index (κ1) is 14.4. The van der Waals surface area contributed by atoms with Crippen LogP contribution in [0.15, 0.2) is 0 Å². The van der Waals surface area contributed by atoms with Crippen molar-refractivity contribution in [2.24, 2.45) is 11.1 Å². The van der Waals surface area contributed by atoms with E-state index >= 15 is 0 Å². The lowest BCUT2D eigenvalue weighted by Crippen LogP contribution is -2.45. The minimum Gasteiger partial charge on any atom is -0.327 e. The quantitative estimate of drug-likeness (QED) is 0.681. The largest absolute Gasteiger partial charge is 0.327 e. The van der Waals surface area contributed by atoms with E-state index in [-0.39, 0.29) is 36.3 Å². The van der Waals surface area contributed by atoms with Gasteiger partial charge in [-0.05, 0) is 44.2 Å². The van der Waals surface area contributed by atoms with Crippen molar-refractivity contribution < 1.29 is 4.39 Å². The summed E-state index contributed by atoms with van der Waals surface area (Å²) < 4.78 is 13.1. The summed E-state index contributed by atoms with van der Waals surface area (Å²) in [7, 11) is 0. The van der Waals surface area contributed by atoms with Gasteiger partial charge >= 0.3 is 0 Å². The summed E-state index contributed by atoms with van der Waals surface area (Å²) in [4.78, 5) is 0. The first-order valence-corrected chi connectivity index (χ1v) is 4.83. The van der Waals surface area contributed by atoms with Crippen LogP contribution in [0.3, 0.4) is 0 Å². The molecule has 0 unspecified atom stereocenters. The molecule has 1 heterocycles. The van der Waals surface area contributed by atoms with Crippen LogP contribution in [0.4, 0.5) is 4.39 Å². The molecule has 3 N–H and O–H groups in total. The fourth-order valence-corrected chi connectivity index (χ4v) is 2.70. The third-order valence-corrected chi connectivity index (χ3v) is 3.52. The fraction of sp³-hybridized carbons (Fsp3) is 1.00. The Morgan fingerprint density at radius 2 is 1.79 bits per heavy atom. The smallest absolute Gasteiger partial charge is 0.102 e. The molecule has 1 spiro atoms. The van der Waals surface area contributed by atoms with E-state index in [9.17, 15) is 4.39 Å². The molecule has 0 aromatic rings. The number of rotatable bonds is 0. The van der Waals surface area contributed by atoms with E-state index in [0.29, 0.717) is 12.8 Å². The maximum atomic E-state index is 13.1. The van der Waals surface area contributed by atoms with Gasteiger partial charge in [0.05, 0.1) is 0 Å². The van der Waals surface area contributed by atoms with Gasteiger partial charge in [-0.25, -0.2) is 4.39 Å². The molecule has 0 radical (unpaired) electrons. The number of nitrogens with one attached hydrogen (secondary N) is 1. The molecule has 0 amide bonds. The van der Waals surface area contributed by atoms with Crippen LogP contribution in [0.25, 0.3) is 0 Å². The van der Waals surface area contributed by atoms with E-state index in [4.69, 9.17) is 5.73 Å². The minimum atomic E-state index is -0.641. The highest BCUT2D eigenvalue weighted by atomic mass is 35.5. The second-order valence-corrected chi connectivity index (χ2v) is 4.26. The molecule has 2 nitrogen and oxygen atoms in total. The van der Waals surface area contributed by atoms with Crippen LogP contribution in [0, 0.1) is 5.41 Å². The van der Waals surface area contributed by atoms with Crippen LogP contribution in [0.2, 0.25) is 0 Å². The lowest BCUT2D eigenvalue weighted by atomic mass is 9.75. The predicted octanol–water partition coefficient (Wildman–Crippen LogP) is 1.66. The summed E-state index contributed by atoms with van der Waals surface area (Å²) >= 11 is 0. The highest BCUT2D eigenvalue weighted by Gasteiger charge is 2.45. The van der Waals surface area contributed by atoms with E-state index in [2.05, 4.69) is 5.32 Å². The second-order valence-electron chi connectivity index (χ2n) is 4.26. The van der Waals surface area contributed by atoms with Gasteiger partial charge in [-0.15, -0.1) is 24.8 Å². The van der Waals surface area contributed by atoms with Crippen LogP contribution in [0.5, 0.6) is 0 Å². The Morgan fingerprint density at radius 3 is 2.21 bits per heavy atom. The van der Waals surface area contributed by atoms with Crippen molar-refractivity contribution in [2.75, 3.05) is 13.1 Å². The van der Waals surface area contributed by atoms with E-state index in [1.54, 1.807) is 0 Å². The Morgan fingerprint density at radius 1 is 1.21 bits per heavy atom. The van der Waals surface area contributed by atoms with Crippen molar-refractivity contribution in [1.82, 2.24) is 5.32 Å². The van der Waals surface area contributed by atoms with Crippen molar-refractivity contribution >= 4 is 24.8 Å². The number of hydrogen-bond acceptors (Lipinski definition) is 2. The highest BCUT2D eigenvalue weighted by Crippen LogP contribution is 2.45. The van der Waals surface area contributed by atoms with Gasteiger partial charge in [-0.2, -0.15) is 0 Å². The minimum absolute atomic E-state index is 0. The van der Waals surface area contributed by atoms with Gasteiger partial charge in [-0.1, -0.05) is 0 Å². The molecule has 14 heavy (non-hydrogen) atoms. The zero-order chi connectivity index (χ0) is 8.60. The fourth-order valence-electron chi connectivity index (χ4n) is 2.70. The first-order valence-electron chi connectivity index (χ1n) is 4.83. The molecule has 0 aromatic carbocycles. The van der Waals surface area contributed by atoms with Crippen molar-refractivity contribution in [3.8, 4) is 0 Å². The summed E-state index contributed by atoms with van der Waals surface area (Å²) in [6.45, 7) is 2.03. The van der Waals surface area contributed by atoms with Crippen LogP contribution in [0.1, 0.15) is 25.7 Å². The number of piperidine rings is 1. The molecule has 2 aliphatic rings. The molecule has 1 saturated carbocycles. The molecule has 2 fully saturated rings. The molecule has 1 aliphatic carbocycles. The van der Waals surface area contributed by atoms with Gasteiger partial charge in [0.1, 0.15) is 6.17 Å². The second kappa shape index (κ2) is 5.50. The third-order valence-electron chi connectivity index (χ3n) is 3.52. The molecule has 5 heteroatoms.